The molecular weight excluding hydrogens is 388 g/mol. The molecule has 0 aliphatic heterocycles. The van der Waals surface area contributed by atoms with Gasteiger partial charge in [-0.1, -0.05) is 37.3 Å². The normalized spacial score (nSPS) is 12.2. The molecule has 0 saturated heterocycles. The van der Waals surface area contributed by atoms with Gasteiger partial charge in [-0.05, 0) is 75.4 Å². The van der Waals surface area contributed by atoms with Crippen LogP contribution in [0.4, 0.5) is 0 Å². The molecule has 0 aromatic heterocycles. The number of hydrogen-bond acceptors (Lipinski definition) is 3. The number of ether oxygens (including phenoxy) is 1. The van der Waals surface area contributed by atoms with Gasteiger partial charge < -0.3 is 15.0 Å². The minimum Gasteiger partial charge on any atom is -0.497 e. The van der Waals surface area contributed by atoms with Crippen molar-refractivity contribution >= 4 is 11.8 Å². The van der Waals surface area contributed by atoms with E-state index in [4.69, 9.17) is 4.74 Å². The summed E-state index contributed by atoms with van der Waals surface area (Å²) < 4.78 is 5.24. The van der Waals surface area contributed by atoms with E-state index >= 15 is 0 Å². The van der Waals surface area contributed by atoms with Crippen molar-refractivity contribution in [3.63, 3.8) is 0 Å². The van der Waals surface area contributed by atoms with Gasteiger partial charge in [-0.15, -0.1) is 0 Å². The molecule has 1 N–H and O–H groups in total. The molecule has 2 rings (SSSR count). The maximum Gasteiger partial charge on any atom is 0.243 e. The molecule has 0 unspecified atom stereocenters. The molecule has 2 amide bonds. The van der Waals surface area contributed by atoms with Crippen LogP contribution in [0.1, 0.15) is 56.4 Å². The molecule has 31 heavy (non-hydrogen) atoms. The Hall–Kier alpha value is -2.82. The fourth-order valence-electron chi connectivity index (χ4n) is 3.49. The summed E-state index contributed by atoms with van der Waals surface area (Å²) in [5.74, 6) is 0.571. The molecular formula is C26H36N2O3. The first-order chi connectivity index (χ1) is 14.5. The summed E-state index contributed by atoms with van der Waals surface area (Å²) in [4.78, 5) is 28.2. The van der Waals surface area contributed by atoms with E-state index in [-0.39, 0.29) is 23.8 Å². The first kappa shape index (κ1) is 24.4. The molecule has 1 atom stereocenters. The van der Waals surface area contributed by atoms with Gasteiger partial charge in [-0.25, -0.2) is 0 Å². The van der Waals surface area contributed by atoms with Crippen LogP contribution in [0.15, 0.2) is 42.5 Å². The second-order valence-electron chi connectivity index (χ2n) is 9.13. The molecule has 2 aromatic carbocycles. The topological polar surface area (TPSA) is 58.6 Å². The van der Waals surface area contributed by atoms with Crippen molar-refractivity contribution in [1.82, 2.24) is 10.2 Å². The largest absolute Gasteiger partial charge is 0.497 e. The van der Waals surface area contributed by atoms with Crippen molar-refractivity contribution in [2.45, 2.75) is 72.5 Å². The minimum absolute atomic E-state index is 0.0602. The van der Waals surface area contributed by atoms with Gasteiger partial charge in [0.05, 0.1) is 13.5 Å². The zero-order chi connectivity index (χ0) is 23.2. The fourth-order valence-corrected chi connectivity index (χ4v) is 3.49. The van der Waals surface area contributed by atoms with E-state index in [9.17, 15) is 9.59 Å². The molecule has 2 aromatic rings. The number of carbonyl (C=O) groups excluding carboxylic acids is 2. The molecule has 0 aliphatic rings. The monoisotopic (exact) mass is 424 g/mol. The second kappa shape index (κ2) is 10.5. The molecule has 0 aliphatic carbocycles. The van der Waals surface area contributed by atoms with Gasteiger partial charge in [-0.2, -0.15) is 0 Å². The molecule has 0 radical (unpaired) electrons. The van der Waals surface area contributed by atoms with Gasteiger partial charge >= 0.3 is 0 Å². The van der Waals surface area contributed by atoms with Crippen LogP contribution in [-0.2, 0) is 22.6 Å². The Morgan fingerprint density at radius 2 is 1.61 bits per heavy atom. The lowest BCUT2D eigenvalue weighted by Gasteiger charge is -2.33. The highest BCUT2D eigenvalue weighted by molar-refractivity contribution is 5.88. The SMILES string of the molecule is CC[C@@H](C(=O)NC(C)(C)C)N(Cc1ccc(OC)cc1)C(=O)Cc1ccc(C)c(C)c1. The first-order valence-electron chi connectivity index (χ1n) is 10.8. The van der Waals surface area contributed by atoms with Crippen molar-refractivity contribution in [2.24, 2.45) is 0 Å². The molecule has 0 fully saturated rings. The number of carbonyl (C=O) groups is 2. The minimum atomic E-state index is -0.541. The standard InChI is InChI=1S/C26H36N2O3/c1-8-23(25(30)27-26(4,5)6)28(17-20-11-13-22(31-7)14-12-20)24(29)16-21-10-9-18(2)19(3)15-21/h9-15,23H,8,16-17H2,1-7H3,(H,27,30)/t23-/m0/s1. The number of amides is 2. The predicted molar refractivity (Wildman–Crippen MR) is 125 cm³/mol. The Kier molecular flexibility index (Phi) is 8.26. The predicted octanol–water partition coefficient (Wildman–Crippen LogP) is 4.58. The zero-order valence-corrected chi connectivity index (χ0v) is 19.9. The van der Waals surface area contributed by atoms with Gasteiger partial charge in [0.2, 0.25) is 11.8 Å². The summed E-state index contributed by atoms with van der Waals surface area (Å²) in [5.41, 5.74) is 3.90. The van der Waals surface area contributed by atoms with Crippen molar-refractivity contribution in [3.8, 4) is 5.75 Å². The number of rotatable bonds is 8. The summed E-state index contributed by atoms with van der Waals surface area (Å²) in [6.45, 7) is 12.2. The number of hydrogen-bond donors (Lipinski definition) is 1. The average molecular weight is 425 g/mol. The fraction of sp³-hybridized carbons (Fsp3) is 0.462. The van der Waals surface area contributed by atoms with Crippen LogP contribution in [0.25, 0.3) is 0 Å². The molecule has 168 valence electrons. The number of aryl methyl sites for hydroxylation is 2. The van der Waals surface area contributed by atoms with Crippen molar-refractivity contribution < 1.29 is 14.3 Å². The lowest BCUT2D eigenvalue weighted by Crippen LogP contribution is -2.53. The summed E-state index contributed by atoms with van der Waals surface area (Å²) in [7, 11) is 1.62. The van der Waals surface area contributed by atoms with Crippen LogP contribution >= 0.6 is 0 Å². The quantitative estimate of drug-likeness (QED) is 0.675. The van der Waals surface area contributed by atoms with Crippen LogP contribution in [0.3, 0.4) is 0 Å². The number of nitrogens with zero attached hydrogens (tertiary/aromatic N) is 1. The third-order valence-corrected chi connectivity index (χ3v) is 5.32. The second-order valence-corrected chi connectivity index (χ2v) is 9.13. The van der Waals surface area contributed by atoms with Crippen LogP contribution in [-0.4, -0.2) is 35.4 Å². The maximum absolute atomic E-state index is 13.4. The number of nitrogens with one attached hydrogen (secondary N) is 1. The van der Waals surface area contributed by atoms with Crippen molar-refractivity contribution in [3.05, 3.63) is 64.7 Å². The van der Waals surface area contributed by atoms with Crippen LogP contribution in [0.2, 0.25) is 0 Å². The highest BCUT2D eigenvalue weighted by Crippen LogP contribution is 2.19. The van der Waals surface area contributed by atoms with Gasteiger partial charge in [0.25, 0.3) is 0 Å². The van der Waals surface area contributed by atoms with E-state index in [2.05, 4.69) is 18.3 Å². The molecule has 0 saturated carbocycles. The van der Waals surface area contributed by atoms with Gasteiger partial charge in [0.15, 0.2) is 0 Å². The van der Waals surface area contributed by atoms with Crippen molar-refractivity contribution in [1.29, 1.82) is 0 Å². The van der Waals surface area contributed by atoms with Crippen LogP contribution in [0.5, 0.6) is 5.75 Å². The Balaban J connectivity index is 2.32. The Labute approximate surface area is 186 Å². The van der Waals surface area contributed by atoms with Crippen molar-refractivity contribution in [2.75, 3.05) is 7.11 Å². The van der Waals surface area contributed by atoms with Crippen LogP contribution in [0, 0.1) is 13.8 Å². The molecule has 0 heterocycles. The van der Waals surface area contributed by atoms with E-state index in [1.807, 2.05) is 71.0 Å². The highest BCUT2D eigenvalue weighted by atomic mass is 16.5. The lowest BCUT2D eigenvalue weighted by molar-refractivity contribution is -0.141. The lowest BCUT2D eigenvalue weighted by atomic mass is 10.0. The number of benzene rings is 2. The Morgan fingerprint density at radius 3 is 2.13 bits per heavy atom. The smallest absolute Gasteiger partial charge is 0.243 e. The first-order valence-corrected chi connectivity index (χ1v) is 10.8. The van der Waals surface area contributed by atoms with E-state index in [0.717, 1.165) is 22.4 Å². The summed E-state index contributed by atoms with van der Waals surface area (Å²) in [6, 6.07) is 13.1. The Morgan fingerprint density at radius 1 is 1.00 bits per heavy atom. The molecule has 0 spiro atoms. The van der Waals surface area contributed by atoms with Gasteiger partial charge in [-0.3, -0.25) is 9.59 Å². The zero-order valence-electron chi connectivity index (χ0n) is 19.9. The van der Waals surface area contributed by atoms with Crippen LogP contribution < -0.4 is 10.1 Å². The summed E-state index contributed by atoms with van der Waals surface area (Å²) >= 11 is 0. The Bertz CT molecular complexity index is 898. The maximum atomic E-state index is 13.4. The average Bonchev–Trinajstić information content (AvgIpc) is 2.69. The van der Waals surface area contributed by atoms with E-state index < -0.39 is 6.04 Å². The molecule has 5 nitrogen and oxygen atoms in total. The molecule has 0 bridgehead atoms. The summed E-state index contributed by atoms with van der Waals surface area (Å²) in [6.07, 6.45) is 0.799. The third kappa shape index (κ3) is 7.12. The highest BCUT2D eigenvalue weighted by Gasteiger charge is 2.30. The summed E-state index contributed by atoms with van der Waals surface area (Å²) in [5, 5.41) is 3.04. The molecule has 5 heteroatoms. The van der Waals surface area contributed by atoms with E-state index in [0.29, 0.717) is 13.0 Å². The third-order valence-electron chi connectivity index (χ3n) is 5.32. The van der Waals surface area contributed by atoms with Gasteiger partial charge in [0.1, 0.15) is 11.8 Å². The van der Waals surface area contributed by atoms with E-state index in [1.54, 1.807) is 12.0 Å². The number of methoxy groups -OCH3 is 1. The van der Waals surface area contributed by atoms with Gasteiger partial charge in [0, 0.05) is 12.1 Å². The van der Waals surface area contributed by atoms with E-state index in [1.165, 1.54) is 5.56 Å².